The molecule has 7 heteroatoms. The maximum atomic E-state index is 13.3. The molecule has 0 aliphatic carbocycles. The molecule has 2 aromatic rings. The molecule has 0 bridgehead atoms. The van der Waals surface area contributed by atoms with Crippen LogP contribution in [0.4, 0.5) is 5.69 Å². The lowest BCUT2D eigenvalue weighted by Gasteiger charge is -2.22. The van der Waals surface area contributed by atoms with Crippen molar-refractivity contribution in [3.8, 4) is 0 Å². The standard InChI is InChI=1S/C26H31N3O4/c1-26(2,3)21-13-11-20(12-14-21)24(30)27-23(25(31)28-15-6-4-5-7-16-28)18-19-9-8-10-22(17-19)29(32)33/h8-14,17-18H,4-7,15-16H2,1-3H3,(H,27,30)/b23-18-. The lowest BCUT2D eigenvalue weighted by atomic mass is 9.87. The van der Waals surface area contributed by atoms with E-state index >= 15 is 0 Å². The van der Waals surface area contributed by atoms with Crippen molar-refractivity contribution in [2.45, 2.75) is 51.9 Å². The van der Waals surface area contributed by atoms with Gasteiger partial charge in [-0.1, -0.05) is 57.9 Å². The molecule has 0 aromatic heterocycles. The predicted molar refractivity (Wildman–Crippen MR) is 129 cm³/mol. The summed E-state index contributed by atoms with van der Waals surface area (Å²) in [6.45, 7) is 7.55. The normalized spacial score (nSPS) is 15.0. The van der Waals surface area contributed by atoms with E-state index in [1.807, 2.05) is 12.1 Å². The maximum absolute atomic E-state index is 13.3. The molecule has 3 rings (SSSR count). The quantitative estimate of drug-likeness (QED) is 0.392. The average molecular weight is 450 g/mol. The van der Waals surface area contributed by atoms with Crippen molar-refractivity contribution >= 4 is 23.6 Å². The number of hydrogen-bond acceptors (Lipinski definition) is 4. The zero-order valence-electron chi connectivity index (χ0n) is 19.5. The fraction of sp³-hybridized carbons (Fsp3) is 0.385. The number of nitrogens with one attached hydrogen (secondary N) is 1. The van der Waals surface area contributed by atoms with Crippen LogP contribution in [0.3, 0.4) is 0 Å². The summed E-state index contributed by atoms with van der Waals surface area (Å²) < 4.78 is 0. The van der Waals surface area contributed by atoms with Crippen LogP contribution in [-0.2, 0) is 10.2 Å². The SMILES string of the molecule is CC(C)(C)c1ccc(C(=O)N/C(=C\c2cccc([N+](=O)[O-])c2)C(=O)N2CCCCCC2)cc1. The Hall–Kier alpha value is -3.48. The van der Waals surface area contributed by atoms with Crippen molar-refractivity contribution in [2.24, 2.45) is 0 Å². The van der Waals surface area contributed by atoms with Crippen LogP contribution in [0.1, 0.15) is 67.9 Å². The molecule has 0 saturated carbocycles. The number of benzene rings is 2. The fourth-order valence-corrected chi connectivity index (χ4v) is 3.81. The van der Waals surface area contributed by atoms with Crippen LogP contribution >= 0.6 is 0 Å². The van der Waals surface area contributed by atoms with Gasteiger partial charge in [0.15, 0.2) is 0 Å². The average Bonchev–Trinajstić information content (AvgIpc) is 3.07. The van der Waals surface area contributed by atoms with E-state index in [0.29, 0.717) is 24.2 Å². The van der Waals surface area contributed by atoms with Gasteiger partial charge in [0.2, 0.25) is 0 Å². The Labute approximate surface area is 194 Å². The van der Waals surface area contributed by atoms with E-state index in [2.05, 4.69) is 26.1 Å². The third-order valence-corrected chi connectivity index (χ3v) is 5.78. The number of nitrogens with zero attached hydrogens (tertiary/aromatic N) is 2. The highest BCUT2D eigenvalue weighted by Gasteiger charge is 2.22. The number of carbonyl (C=O) groups excluding carboxylic acids is 2. The van der Waals surface area contributed by atoms with Crippen LogP contribution in [0, 0.1) is 10.1 Å². The highest BCUT2D eigenvalue weighted by atomic mass is 16.6. The van der Waals surface area contributed by atoms with E-state index < -0.39 is 10.8 Å². The number of nitro benzene ring substituents is 1. The third kappa shape index (κ3) is 6.51. The van der Waals surface area contributed by atoms with Crippen molar-refractivity contribution < 1.29 is 14.5 Å². The lowest BCUT2D eigenvalue weighted by Crippen LogP contribution is -2.39. The van der Waals surface area contributed by atoms with Gasteiger partial charge in [0, 0.05) is 30.8 Å². The molecule has 174 valence electrons. The number of carbonyl (C=O) groups is 2. The van der Waals surface area contributed by atoms with Crippen molar-refractivity contribution in [3.05, 3.63) is 81.0 Å². The molecule has 1 N–H and O–H groups in total. The summed E-state index contributed by atoms with van der Waals surface area (Å²) in [5.74, 6) is -0.668. The first kappa shape index (κ1) is 24.2. The van der Waals surface area contributed by atoms with Gasteiger partial charge in [-0.2, -0.15) is 0 Å². The fourth-order valence-electron chi connectivity index (χ4n) is 3.81. The number of nitro groups is 1. The third-order valence-electron chi connectivity index (χ3n) is 5.78. The van der Waals surface area contributed by atoms with E-state index in [4.69, 9.17) is 0 Å². The molecule has 7 nitrogen and oxygen atoms in total. The number of amides is 2. The molecule has 1 aliphatic rings. The zero-order chi connectivity index (χ0) is 24.0. The van der Waals surface area contributed by atoms with Crippen molar-refractivity contribution in [2.75, 3.05) is 13.1 Å². The van der Waals surface area contributed by atoms with Crippen LogP contribution in [-0.4, -0.2) is 34.7 Å². The first-order valence-electron chi connectivity index (χ1n) is 11.3. The smallest absolute Gasteiger partial charge is 0.270 e. The molecule has 0 spiro atoms. The molecule has 2 aromatic carbocycles. The Kier molecular flexibility index (Phi) is 7.63. The Bertz CT molecular complexity index is 1040. The molecule has 2 amide bonds. The Morgan fingerprint density at radius 1 is 1.00 bits per heavy atom. The number of non-ortho nitro benzene ring substituents is 1. The van der Waals surface area contributed by atoms with Gasteiger partial charge in [0.1, 0.15) is 5.70 Å². The second-order valence-corrected chi connectivity index (χ2v) is 9.40. The summed E-state index contributed by atoms with van der Waals surface area (Å²) in [6.07, 6.45) is 5.48. The van der Waals surface area contributed by atoms with Crippen LogP contribution in [0.2, 0.25) is 0 Å². The molecule has 1 fully saturated rings. The highest BCUT2D eigenvalue weighted by molar-refractivity contribution is 6.05. The predicted octanol–water partition coefficient (Wildman–Crippen LogP) is 5.07. The lowest BCUT2D eigenvalue weighted by molar-refractivity contribution is -0.384. The zero-order valence-corrected chi connectivity index (χ0v) is 19.5. The molecule has 0 radical (unpaired) electrons. The summed E-state index contributed by atoms with van der Waals surface area (Å²) in [5.41, 5.74) is 2.02. The number of likely N-dealkylation sites (tertiary alicyclic amines) is 1. The molecule has 1 aliphatic heterocycles. The summed E-state index contributed by atoms with van der Waals surface area (Å²) in [7, 11) is 0. The van der Waals surface area contributed by atoms with Gasteiger partial charge in [-0.25, -0.2) is 0 Å². The van der Waals surface area contributed by atoms with E-state index in [-0.39, 0.29) is 22.7 Å². The molecule has 0 unspecified atom stereocenters. The van der Waals surface area contributed by atoms with Gasteiger partial charge in [-0.05, 0) is 47.6 Å². The van der Waals surface area contributed by atoms with Gasteiger partial charge < -0.3 is 10.2 Å². The molecule has 33 heavy (non-hydrogen) atoms. The van der Waals surface area contributed by atoms with Gasteiger partial charge in [-0.3, -0.25) is 19.7 Å². The highest BCUT2D eigenvalue weighted by Crippen LogP contribution is 2.23. The maximum Gasteiger partial charge on any atom is 0.270 e. The van der Waals surface area contributed by atoms with Gasteiger partial charge in [0.25, 0.3) is 17.5 Å². The Morgan fingerprint density at radius 3 is 2.21 bits per heavy atom. The monoisotopic (exact) mass is 449 g/mol. The Balaban J connectivity index is 1.90. The molecule has 1 saturated heterocycles. The van der Waals surface area contributed by atoms with Crippen LogP contribution in [0.15, 0.2) is 54.2 Å². The minimum Gasteiger partial charge on any atom is -0.337 e. The summed E-state index contributed by atoms with van der Waals surface area (Å²) >= 11 is 0. The largest absolute Gasteiger partial charge is 0.337 e. The van der Waals surface area contributed by atoms with E-state index in [9.17, 15) is 19.7 Å². The topological polar surface area (TPSA) is 92.5 Å². The van der Waals surface area contributed by atoms with Crippen molar-refractivity contribution in [1.82, 2.24) is 10.2 Å². The van der Waals surface area contributed by atoms with Crippen LogP contribution in [0.5, 0.6) is 0 Å². The summed E-state index contributed by atoms with van der Waals surface area (Å²) in [6, 6.07) is 13.3. The first-order valence-corrected chi connectivity index (χ1v) is 11.3. The van der Waals surface area contributed by atoms with Crippen molar-refractivity contribution in [3.63, 3.8) is 0 Å². The van der Waals surface area contributed by atoms with Crippen LogP contribution in [0.25, 0.3) is 6.08 Å². The summed E-state index contributed by atoms with van der Waals surface area (Å²) in [4.78, 5) is 38.8. The first-order chi connectivity index (χ1) is 15.6. The second kappa shape index (κ2) is 10.4. The van der Waals surface area contributed by atoms with E-state index in [0.717, 1.165) is 31.2 Å². The van der Waals surface area contributed by atoms with Crippen LogP contribution < -0.4 is 5.32 Å². The van der Waals surface area contributed by atoms with E-state index in [1.54, 1.807) is 29.2 Å². The number of rotatable bonds is 5. The minimum absolute atomic E-state index is 0.0369. The second-order valence-electron chi connectivity index (χ2n) is 9.40. The van der Waals surface area contributed by atoms with E-state index in [1.165, 1.54) is 18.2 Å². The molecule has 0 atom stereocenters. The van der Waals surface area contributed by atoms with Crippen molar-refractivity contribution in [1.29, 1.82) is 0 Å². The molecular weight excluding hydrogens is 418 g/mol. The Morgan fingerprint density at radius 2 is 1.64 bits per heavy atom. The number of hydrogen-bond donors (Lipinski definition) is 1. The molecular formula is C26H31N3O4. The van der Waals surface area contributed by atoms with Gasteiger partial charge in [0.05, 0.1) is 4.92 Å². The van der Waals surface area contributed by atoms with Gasteiger partial charge in [-0.15, -0.1) is 0 Å². The molecule has 1 heterocycles. The van der Waals surface area contributed by atoms with Gasteiger partial charge >= 0.3 is 0 Å². The summed E-state index contributed by atoms with van der Waals surface area (Å²) in [5, 5.41) is 13.9. The minimum atomic E-state index is -0.483.